The predicted octanol–water partition coefficient (Wildman–Crippen LogP) is 4.31. The largest absolute Gasteiger partial charge is 0.352 e. The summed E-state index contributed by atoms with van der Waals surface area (Å²) in [6, 6.07) is 15.3. The number of anilines is 1. The Kier molecular flexibility index (Phi) is 5.56. The van der Waals surface area contributed by atoms with Gasteiger partial charge in [0.2, 0.25) is 11.8 Å². The van der Waals surface area contributed by atoms with Crippen LogP contribution >= 0.6 is 11.6 Å². The average molecular weight is 385 g/mol. The van der Waals surface area contributed by atoms with E-state index in [-0.39, 0.29) is 29.6 Å². The summed E-state index contributed by atoms with van der Waals surface area (Å²) < 4.78 is 0. The number of amides is 2. The third-order valence-corrected chi connectivity index (χ3v) is 5.13. The molecule has 0 aromatic heterocycles. The van der Waals surface area contributed by atoms with E-state index in [1.807, 2.05) is 30.3 Å². The molecule has 4 nitrogen and oxygen atoms in total. The Bertz CT molecular complexity index is 840. The van der Waals surface area contributed by atoms with Crippen LogP contribution in [0.2, 0.25) is 5.02 Å². The van der Waals surface area contributed by atoms with Gasteiger partial charge in [-0.15, -0.1) is 0 Å². The van der Waals surface area contributed by atoms with Gasteiger partial charge in [-0.3, -0.25) is 9.59 Å². The first-order chi connectivity index (χ1) is 12.8. The maximum Gasteiger partial charge on any atom is 0.227 e. The highest BCUT2D eigenvalue weighted by molar-refractivity contribution is 6.30. The summed E-state index contributed by atoms with van der Waals surface area (Å²) in [6.45, 7) is 7.23. The second-order valence-electron chi connectivity index (χ2n) is 8.02. The van der Waals surface area contributed by atoms with Crippen molar-refractivity contribution >= 4 is 29.1 Å². The number of hydrogen-bond donors (Lipinski definition) is 1. The van der Waals surface area contributed by atoms with Gasteiger partial charge >= 0.3 is 0 Å². The third kappa shape index (κ3) is 4.51. The van der Waals surface area contributed by atoms with Crippen molar-refractivity contribution in [2.75, 3.05) is 11.4 Å². The molecule has 0 saturated carbocycles. The molecule has 1 fully saturated rings. The lowest BCUT2D eigenvalue weighted by Crippen LogP contribution is -2.33. The molecule has 0 aliphatic carbocycles. The van der Waals surface area contributed by atoms with Crippen LogP contribution in [0.1, 0.15) is 38.3 Å². The molecule has 1 saturated heterocycles. The molecule has 1 aliphatic heterocycles. The van der Waals surface area contributed by atoms with Crippen molar-refractivity contribution in [1.29, 1.82) is 0 Å². The van der Waals surface area contributed by atoms with Crippen molar-refractivity contribution in [2.45, 2.75) is 39.2 Å². The van der Waals surface area contributed by atoms with Gasteiger partial charge in [-0.25, -0.2) is 0 Å². The van der Waals surface area contributed by atoms with Crippen molar-refractivity contribution in [3.8, 4) is 0 Å². The van der Waals surface area contributed by atoms with Gasteiger partial charge in [0.15, 0.2) is 0 Å². The zero-order chi connectivity index (χ0) is 19.6. The molecule has 2 aromatic carbocycles. The maximum absolute atomic E-state index is 12.6. The SMILES string of the molecule is CC(C)(C)c1ccccc1N1CC(C(=O)NCc2ccc(Cl)cc2)CC1=O. The number of carbonyl (C=O) groups is 2. The van der Waals surface area contributed by atoms with Gasteiger partial charge in [0.25, 0.3) is 0 Å². The molecule has 0 radical (unpaired) electrons. The maximum atomic E-state index is 12.6. The highest BCUT2D eigenvalue weighted by Crippen LogP contribution is 2.35. The number of benzene rings is 2. The molecule has 0 bridgehead atoms. The van der Waals surface area contributed by atoms with Crippen molar-refractivity contribution < 1.29 is 9.59 Å². The van der Waals surface area contributed by atoms with Crippen molar-refractivity contribution in [3.05, 3.63) is 64.7 Å². The normalized spacial score (nSPS) is 17.3. The first-order valence-electron chi connectivity index (χ1n) is 9.18. The van der Waals surface area contributed by atoms with E-state index in [4.69, 9.17) is 11.6 Å². The summed E-state index contributed by atoms with van der Waals surface area (Å²) in [7, 11) is 0. The topological polar surface area (TPSA) is 49.4 Å². The number of rotatable bonds is 4. The molecule has 27 heavy (non-hydrogen) atoms. The number of halogens is 1. The van der Waals surface area contributed by atoms with Crippen LogP contribution in [0.15, 0.2) is 48.5 Å². The Morgan fingerprint density at radius 2 is 1.81 bits per heavy atom. The summed E-state index contributed by atoms with van der Waals surface area (Å²) in [4.78, 5) is 26.9. The molecular formula is C22H25ClN2O2. The molecule has 0 spiro atoms. The molecule has 2 amide bonds. The fourth-order valence-electron chi connectivity index (χ4n) is 3.40. The molecule has 142 valence electrons. The lowest BCUT2D eigenvalue weighted by Gasteiger charge is -2.27. The number of nitrogens with one attached hydrogen (secondary N) is 1. The lowest BCUT2D eigenvalue weighted by molar-refractivity contribution is -0.126. The third-order valence-electron chi connectivity index (χ3n) is 4.88. The van der Waals surface area contributed by atoms with Gasteiger partial charge in [0.05, 0.1) is 5.92 Å². The van der Waals surface area contributed by atoms with Crippen molar-refractivity contribution in [2.24, 2.45) is 5.92 Å². The van der Waals surface area contributed by atoms with Crippen LogP contribution < -0.4 is 10.2 Å². The minimum atomic E-state index is -0.335. The minimum absolute atomic E-state index is 0.00153. The first kappa shape index (κ1) is 19.4. The number of hydrogen-bond acceptors (Lipinski definition) is 2. The van der Waals surface area contributed by atoms with Gasteiger partial charge in [0, 0.05) is 30.2 Å². The molecule has 1 N–H and O–H groups in total. The smallest absolute Gasteiger partial charge is 0.227 e. The summed E-state index contributed by atoms with van der Waals surface area (Å²) in [5.74, 6) is -0.426. The second kappa shape index (κ2) is 7.73. The Morgan fingerprint density at radius 3 is 2.48 bits per heavy atom. The van der Waals surface area contributed by atoms with Crippen LogP contribution in [0.25, 0.3) is 0 Å². The Morgan fingerprint density at radius 1 is 1.15 bits per heavy atom. The van der Waals surface area contributed by atoms with E-state index >= 15 is 0 Å². The van der Waals surface area contributed by atoms with Crippen LogP contribution in [0, 0.1) is 5.92 Å². The van der Waals surface area contributed by atoms with Crippen LogP contribution in [0.3, 0.4) is 0 Å². The van der Waals surface area contributed by atoms with E-state index in [1.54, 1.807) is 17.0 Å². The fraction of sp³-hybridized carbons (Fsp3) is 0.364. The standard InChI is InChI=1S/C22H25ClN2O2/c1-22(2,3)18-6-4-5-7-19(18)25-14-16(12-20(25)26)21(27)24-13-15-8-10-17(23)11-9-15/h4-11,16H,12-14H2,1-3H3,(H,24,27). The highest BCUT2D eigenvalue weighted by Gasteiger charge is 2.36. The lowest BCUT2D eigenvalue weighted by atomic mass is 9.85. The van der Waals surface area contributed by atoms with Gasteiger partial charge in [0.1, 0.15) is 0 Å². The summed E-state index contributed by atoms with van der Waals surface area (Å²) in [5, 5.41) is 3.60. The first-order valence-corrected chi connectivity index (χ1v) is 9.55. The van der Waals surface area contributed by atoms with E-state index < -0.39 is 0 Å². The molecule has 3 rings (SSSR count). The Hall–Kier alpha value is -2.33. The monoisotopic (exact) mass is 384 g/mol. The summed E-state index contributed by atoms with van der Waals surface area (Å²) in [6.07, 6.45) is 0.241. The molecule has 1 atom stereocenters. The minimum Gasteiger partial charge on any atom is -0.352 e. The molecule has 5 heteroatoms. The van der Waals surface area contributed by atoms with Gasteiger partial charge < -0.3 is 10.2 Å². The second-order valence-corrected chi connectivity index (χ2v) is 8.45. The summed E-state index contributed by atoms with van der Waals surface area (Å²) >= 11 is 5.88. The molecule has 1 heterocycles. The van der Waals surface area contributed by atoms with E-state index in [1.165, 1.54) is 0 Å². The Labute approximate surface area is 165 Å². The van der Waals surface area contributed by atoms with E-state index in [0.717, 1.165) is 16.8 Å². The molecule has 1 unspecified atom stereocenters. The van der Waals surface area contributed by atoms with Gasteiger partial charge in [-0.1, -0.05) is 62.7 Å². The zero-order valence-corrected chi connectivity index (χ0v) is 16.7. The van der Waals surface area contributed by atoms with E-state index in [0.29, 0.717) is 18.1 Å². The quantitative estimate of drug-likeness (QED) is 0.854. The van der Waals surface area contributed by atoms with Crippen LogP contribution in [-0.2, 0) is 21.5 Å². The summed E-state index contributed by atoms with van der Waals surface area (Å²) in [5.41, 5.74) is 2.92. The number of nitrogens with zero attached hydrogens (tertiary/aromatic N) is 1. The number of carbonyl (C=O) groups excluding carboxylic acids is 2. The molecule has 2 aromatic rings. The average Bonchev–Trinajstić information content (AvgIpc) is 3.02. The molecule has 1 aliphatic rings. The van der Waals surface area contributed by atoms with Crippen molar-refractivity contribution in [3.63, 3.8) is 0 Å². The fourth-order valence-corrected chi connectivity index (χ4v) is 3.52. The zero-order valence-electron chi connectivity index (χ0n) is 16.0. The van der Waals surface area contributed by atoms with Crippen molar-refractivity contribution in [1.82, 2.24) is 5.32 Å². The number of para-hydroxylation sites is 1. The predicted molar refractivity (Wildman–Crippen MR) is 109 cm³/mol. The van der Waals surface area contributed by atoms with Gasteiger partial charge in [-0.05, 0) is 34.7 Å². The Balaban J connectivity index is 1.69. The van der Waals surface area contributed by atoms with E-state index in [9.17, 15) is 9.59 Å². The van der Waals surface area contributed by atoms with Crippen LogP contribution in [-0.4, -0.2) is 18.4 Å². The van der Waals surface area contributed by atoms with Crippen LogP contribution in [0.4, 0.5) is 5.69 Å². The van der Waals surface area contributed by atoms with E-state index in [2.05, 4.69) is 32.2 Å². The van der Waals surface area contributed by atoms with Gasteiger partial charge in [-0.2, -0.15) is 0 Å². The molecular weight excluding hydrogens is 360 g/mol. The van der Waals surface area contributed by atoms with Crippen LogP contribution in [0.5, 0.6) is 0 Å². The highest BCUT2D eigenvalue weighted by atomic mass is 35.5.